The number of piperidine rings is 1. The molecule has 2 amide bonds. The van der Waals surface area contributed by atoms with Gasteiger partial charge in [-0.1, -0.05) is 20.8 Å². The van der Waals surface area contributed by atoms with E-state index in [2.05, 4.69) is 5.32 Å². The lowest BCUT2D eigenvalue weighted by Gasteiger charge is -2.34. The van der Waals surface area contributed by atoms with Crippen LogP contribution in [0.2, 0.25) is 0 Å². The maximum atomic E-state index is 12.0. The topological polar surface area (TPSA) is 84.7 Å². The molecule has 6 nitrogen and oxygen atoms in total. The lowest BCUT2D eigenvalue weighted by Crippen LogP contribution is -2.54. The highest BCUT2D eigenvalue weighted by molar-refractivity contribution is 5.82. The Hall–Kier alpha value is -1.14. The van der Waals surface area contributed by atoms with Crippen LogP contribution in [0.1, 0.15) is 33.6 Å². The molecule has 1 atom stereocenters. The van der Waals surface area contributed by atoms with Crippen LogP contribution in [-0.2, 0) is 14.3 Å². The summed E-state index contributed by atoms with van der Waals surface area (Å²) in [4.78, 5) is 25.5. The Morgan fingerprint density at radius 3 is 2.35 bits per heavy atom. The van der Waals surface area contributed by atoms with Gasteiger partial charge in [0, 0.05) is 26.2 Å². The van der Waals surface area contributed by atoms with Crippen molar-refractivity contribution in [3.63, 3.8) is 0 Å². The summed E-state index contributed by atoms with van der Waals surface area (Å²) >= 11 is 0. The summed E-state index contributed by atoms with van der Waals surface area (Å²) in [6, 6.07) is -0.418. The first-order valence-corrected chi connectivity index (χ1v) is 7.08. The number of nitrogens with zero attached hydrogens (tertiary/aromatic N) is 1. The van der Waals surface area contributed by atoms with Crippen LogP contribution in [0.3, 0.4) is 0 Å². The van der Waals surface area contributed by atoms with Gasteiger partial charge in [-0.15, -0.1) is 0 Å². The zero-order valence-corrected chi connectivity index (χ0v) is 12.9. The third-order valence-electron chi connectivity index (χ3n) is 3.68. The molecule has 1 aliphatic rings. The van der Waals surface area contributed by atoms with Crippen molar-refractivity contribution in [2.75, 3.05) is 26.8 Å². The van der Waals surface area contributed by atoms with Crippen molar-refractivity contribution >= 4 is 11.8 Å². The summed E-state index contributed by atoms with van der Waals surface area (Å²) in [5.41, 5.74) is 5.68. The van der Waals surface area contributed by atoms with Gasteiger partial charge in [0.15, 0.2) is 0 Å². The average Bonchev–Trinajstić information content (AvgIpc) is 2.37. The van der Waals surface area contributed by atoms with Crippen molar-refractivity contribution in [3.8, 4) is 0 Å². The van der Waals surface area contributed by atoms with Gasteiger partial charge in [0.2, 0.25) is 11.8 Å². The number of hydrogen-bond donors (Lipinski definition) is 2. The highest BCUT2D eigenvalue weighted by Gasteiger charge is 2.30. The molecule has 0 bridgehead atoms. The summed E-state index contributed by atoms with van der Waals surface area (Å²) in [5, 5.41) is 2.98. The summed E-state index contributed by atoms with van der Waals surface area (Å²) in [6.07, 6.45) is 1.52. The molecule has 1 aliphatic heterocycles. The molecule has 0 spiro atoms. The van der Waals surface area contributed by atoms with E-state index in [0.717, 1.165) is 12.8 Å². The minimum absolute atomic E-state index is 0.00340. The standard InChI is InChI=1S/C14H27N3O3/c1-14(2,3)12(15)13(19)16-10-5-7-17(8-6-10)11(18)9-20-4/h10,12H,5-9,15H2,1-4H3,(H,16,19)/t12-/m1/s1. The zero-order valence-electron chi connectivity index (χ0n) is 12.9. The van der Waals surface area contributed by atoms with Crippen LogP contribution in [0.25, 0.3) is 0 Å². The van der Waals surface area contributed by atoms with E-state index in [0.29, 0.717) is 13.1 Å². The van der Waals surface area contributed by atoms with Gasteiger partial charge >= 0.3 is 0 Å². The number of rotatable bonds is 4. The van der Waals surface area contributed by atoms with Crippen LogP contribution in [0.4, 0.5) is 0 Å². The summed E-state index contributed by atoms with van der Waals surface area (Å²) in [6.45, 7) is 7.26. The number of nitrogens with one attached hydrogen (secondary N) is 1. The van der Waals surface area contributed by atoms with Gasteiger partial charge in [0.05, 0.1) is 6.04 Å². The van der Waals surface area contributed by atoms with E-state index >= 15 is 0 Å². The fraction of sp³-hybridized carbons (Fsp3) is 0.857. The highest BCUT2D eigenvalue weighted by Crippen LogP contribution is 2.18. The molecule has 1 heterocycles. The van der Waals surface area contributed by atoms with E-state index in [1.165, 1.54) is 7.11 Å². The number of hydrogen-bond acceptors (Lipinski definition) is 4. The van der Waals surface area contributed by atoms with Gasteiger partial charge in [-0.25, -0.2) is 0 Å². The molecule has 0 radical (unpaired) electrons. The van der Waals surface area contributed by atoms with Crippen molar-refractivity contribution in [2.45, 2.75) is 45.7 Å². The minimum atomic E-state index is -0.518. The number of nitrogens with two attached hydrogens (primary N) is 1. The number of likely N-dealkylation sites (tertiary alicyclic amines) is 1. The maximum absolute atomic E-state index is 12.0. The Bertz CT molecular complexity index is 344. The molecule has 1 fully saturated rings. The highest BCUT2D eigenvalue weighted by atomic mass is 16.5. The lowest BCUT2D eigenvalue weighted by molar-refractivity contribution is -0.136. The molecular formula is C14H27N3O3. The Balaban J connectivity index is 2.39. The lowest BCUT2D eigenvalue weighted by atomic mass is 9.86. The van der Waals surface area contributed by atoms with Gasteiger partial charge < -0.3 is 20.7 Å². The second kappa shape index (κ2) is 7.04. The number of methoxy groups -OCH3 is 1. The van der Waals surface area contributed by atoms with Crippen molar-refractivity contribution in [1.29, 1.82) is 0 Å². The molecule has 3 N–H and O–H groups in total. The van der Waals surface area contributed by atoms with Gasteiger partial charge in [0.25, 0.3) is 0 Å². The predicted molar refractivity (Wildman–Crippen MR) is 77.1 cm³/mol. The van der Waals surface area contributed by atoms with E-state index in [1.54, 1.807) is 4.90 Å². The molecular weight excluding hydrogens is 258 g/mol. The maximum Gasteiger partial charge on any atom is 0.248 e. The minimum Gasteiger partial charge on any atom is -0.375 e. The largest absolute Gasteiger partial charge is 0.375 e. The Labute approximate surface area is 121 Å². The molecule has 0 aliphatic carbocycles. The fourth-order valence-corrected chi connectivity index (χ4v) is 2.17. The molecule has 6 heteroatoms. The molecule has 0 aromatic rings. The van der Waals surface area contributed by atoms with Gasteiger partial charge in [-0.05, 0) is 18.3 Å². The number of amides is 2. The Morgan fingerprint density at radius 1 is 1.35 bits per heavy atom. The van der Waals surface area contributed by atoms with E-state index in [4.69, 9.17) is 10.5 Å². The second-order valence-electron chi connectivity index (χ2n) is 6.44. The van der Waals surface area contributed by atoms with E-state index in [1.807, 2.05) is 20.8 Å². The molecule has 1 saturated heterocycles. The van der Waals surface area contributed by atoms with E-state index in [-0.39, 0.29) is 29.9 Å². The smallest absolute Gasteiger partial charge is 0.248 e. The Morgan fingerprint density at radius 2 is 1.90 bits per heavy atom. The van der Waals surface area contributed by atoms with Crippen molar-refractivity contribution in [1.82, 2.24) is 10.2 Å². The molecule has 116 valence electrons. The quantitative estimate of drug-likeness (QED) is 0.768. The van der Waals surface area contributed by atoms with Gasteiger partial charge in [0.1, 0.15) is 6.61 Å². The number of carbonyl (C=O) groups is 2. The van der Waals surface area contributed by atoms with Crippen LogP contribution in [-0.4, -0.2) is 55.6 Å². The predicted octanol–water partition coefficient (Wildman–Crippen LogP) is 0.113. The second-order valence-corrected chi connectivity index (χ2v) is 6.44. The summed E-state index contributed by atoms with van der Waals surface area (Å²) in [5.74, 6) is -0.108. The number of carbonyl (C=O) groups excluding carboxylic acids is 2. The summed E-state index contributed by atoms with van der Waals surface area (Å²) in [7, 11) is 1.51. The van der Waals surface area contributed by atoms with Crippen molar-refractivity contribution < 1.29 is 14.3 Å². The number of ether oxygens (including phenoxy) is 1. The fourth-order valence-electron chi connectivity index (χ4n) is 2.17. The van der Waals surface area contributed by atoms with Gasteiger partial charge in [-0.3, -0.25) is 9.59 Å². The third-order valence-corrected chi connectivity index (χ3v) is 3.68. The first-order valence-electron chi connectivity index (χ1n) is 7.08. The third kappa shape index (κ3) is 4.76. The molecule has 0 aromatic carbocycles. The normalized spacial score (nSPS) is 18.8. The van der Waals surface area contributed by atoms with Crippen LogP contribution >= 0.6 is 0 Å². The van der Waals surface area contributed by atoms with Crippen LogP contribution in [0, 0.1) is 5.41 Å². The molecule has 0 saturated carbocycles. The first-order chi connectivity index (χ1) is 9.25. The SMILES string of the molecule is COCC(=O)N1CCC(NC(=O)[C@@H](N)C(C)(C)C)CC1. The molecule has 0 aromatic heterocycles. The van der Waals surface area contributed by atoms with Crippen molar-refractivity contribution in [3.05, 3.63) is 0 Å². The molecule has 20 heavy (non-hydrogen) atoms. The Kier molecular flexibility index (Phi) is 5.95. The van der Waals surface area contributed by atoms with E-state index < -0.39 is 6.04 Å². The van der Waals surface area contributed by atoms with Crippen molar-refractivity contribution in [2.24, 2.45) is 11.1 Å². The van der Waals surface area contributed by atoms with Gasteiger partial charge in [-0.2, -0.15) is 0 Å². The zero-order chi connectivity index (χ0) is 15.3. The first kappa shape index (κ1) is 16.9. The molecule has 0 unspecified atom stereocenters. The van der Waals surface area contributed by atoms with Crippen LogP contribution in [0.15, 0.2) is 0 Å². The summed E-state index contributed by atoms with van der Waals surface area (Å²) < 4.78 is 4.84. The monoisotopic (exact) mass is 285 g/mol. The van der Waals surface area contributed by atoms with Crippen LogP contribution in [0.5, 0.6) is 0 Å². The molecule has 1 rings (SSSR count). The van der Waals surface area contributed by atoms with Crippen LogP contribution < -0.4 is 11.1 Å². The average molecular weight is 285 g/mol. The van der Waals surface area contributed by atoms with E-state index in [9.17, 15) is 9.59 Å².